The van der Waals surface area contributed by atoms with E-state index in [-0.39, 0.29) is 30.4 Å². The fourth-order valence-electron chi connectivity index (χ4n) is 5.49. The zero-order chi connectivity index (χ0) is 25.3. The van der Waals surface area contributed by atoms with Gasteiger partial charge in [-0.2, -0.15) is 10.5 Å². The van der Waals surface area contributed by atoms with Crippen LogP contribution in [0.4, 0.5) is 0 Å². The highest BCUT2D eigenvalue weighted by molar-refractivity contribution is 7.14. The molecule has 1 fully saturated rings. The summed E-state index contributed by atoms with van der Waals surface area (Å²) in [6.07, 6.45) is 3.86. The molecule has 0 saturated carbocycles. The first-order valence-corrected chi connectivity index (χ1v) is 13.8. The minimum atomic E-state index is -0.727. The zero-order valence-electron chi connectivity index (χ0n) is 20.2. The van der Waals surface area contributed by atoms with Crippen LogP contribution in [-0.2, 0) is 23.1 Å². The Morgan fingerprint density at radius 1 is 1.36 bits per heavy atom. The molecule has 0 aromatic carbocycles. The molecule has 3 aromatic heterocycles. The molecule has 0 spiro atoms. The van der Waals surface area contributed by atoms with Crippen LogP contribution in [0.3, 0.4) is 0 Å². The van der Waals surface area contributed by atoms with Gasteiger partial charge in [0.2, 0.25) is 5.91 Å². The van der Waals surface area contributed by atoms with Crippen LogP contribution in [0.15, 0.2) is 17.5 Å². The number of rotatable bonds is 7. The number of fused-ring (bicyclic) bond motifs is 2. The highest BCUT2D eigenvalue weighted by Gasteiger charge is 2.47. The number of hydrogen-bond donors (Lipinski definition) is 3. The van der Waals surface area contributed by atoms with Crippen LogP contribution in [-0.4, -0.2) is 69.6 Å². The van der Waals surface area contributed by atoms with Gasteiger partial charge in [0, 0.05) is 29.4 Å². The van der Waals surface area contributed by atoms with Crippen molar-refractivity contribution in [2.75, 3.05) is 20.1 Å². The molecule has 1 aliphatic carbocycles. The molecule has 3 N–H and O–H groups in total. The number of aryl methyl sites for hydroxylation is 2. The lowest BCUT2D eigenvalue weighted by Crippen LogP contribution is -2.45. The van der Waals surface area contributed by atoms with Crippen LogP contribution in [0, 0.1) is 11.3 Å². The van der Waals surface area contributed by atoms with Crippen molar-refractivity contribution >= 4 is 34.5 Å². The predicted octanol–water partition coefficient (Wildman–Crippen LogP) is 2.00. The Labute approximate surface area is 217 Å². The molecule has 2 unspecified atom stereocenters. The van der Waals surface area contributed by atoms with Crippen LogP contribution in [0.1, 0.15) is 62.6 Å². The van der Waals surface area contributed by atoms with Gasteiger partial charge in [0.25, 0.3) is 5.91 Å². The van der Waals surface area contributed by atoms with Gasteiger partial charge in [0.15, 0.2) is 5.82 Å². The lowest BCUT2D eigenvalue weighted by atomic mass is 9.70. The van der Waals surface area contributed by atoms with Crippen LogP contribution in [0.25, 0.3) is 0 Å². The summed E-state index contributed by atoms with van der Waals surface area (Å²) in [7, 11) is 1.64. The van der Waals surface area contributed by atoms with Crippen molar-refractivity contribution < 1.29 is 9.59 Å². The van der Waals surface area contributed by atoms with Crippen LogP contribution < -0.4 is 10.6 Å². The van der Waals surface area contributed by atoms with Crippen molar-refractivity contribution in [2.45, 2.75) is 56.5 Å². The molecule has 1 saturated heterocycles. The van der Waals surface area contributed by atoms with E-state index in [1.165, 1.54) is 16.2 Å². The van der Waals surface area contributed by atoms with Crippen molar-refractivity contribution in [3.8, 4) is 6.07 Å². The van der Waals surface area contributed by atoms with E-state index in [4.69, 9.17) is 0 Å². The number of hydrogen-bond acceptors (Lipinski definition) is 9. The van der Waals surface area contributed by atoms with E-state index >= 15 is 0 Å². The highest BCUT2D eigenvalue weighted by atomic mass is 32.1. The van der Waals surface area contributed by atoms with Gasteiger partial charge in [-0.15, -0.1) is 32.9 Å². The van der Waals surface area contributed by atoms with E-state index in [0.29, 0.717) is 23.7 Å². The Hall–Kier alpha value is -3.14. The third-order valence-electron chi connectivity index (χ3n) is 7.17. The summed E-state index contributed by atoms with van der Waals surface area (Å²) in [5.41, 5.74) is 1.42. The molecule has 4 heterocycles. The summed E-state index contributed by atoms with van der Waals surface area (Å²) in [5, 5.41) is 33.0. The van der Waals surface area contributed by atoms with Crippen LogP contribution >= 0.6 is 22.7 Å². The Kier molecular flexibility index (Phi) is 6.87. The number of nitriles is 1. The number of carbonyl (C=O) groups is 2. The van der Waals surface area contributed by atoms with Crippen molar-refractivity contribution in [3.63, 3.8) is 0 Å². The topological polar surface area (TPSA) is 140 Å². The standard InChI is InChI=1S/C24H28N8O2S2/c1-14(27-13-21(33)32-8-3-4-15(32)12-25)11-24(23-28-30-31-29-23)16-7-9-35-18(16)5-6-19-17(24)10-20(36-19)22(34)26-2/h7,9-10,14-15,27H,3-6,8,11,13H2,1-2H3,(H,26,34)(H,28,29,30,31)/t14-,15?,24?/m0/s1. The second kappa shape index (κ2) is 10.1. The number of H-pyrrole nitrogens is 1. The summed E-state index contributed by atoms with van der Waals surface area (Å²) in [6, 6.07) is 5.90. The number of nitrogens with zero attached hydrogens (tertiary/aromatic N) is 5. The van der Waals surface area contributed by atoms with E-state index in [0.717, 1.165) is 41.7 Å². The number of nitrogens with one attached hydrogen (secondary N) is 3. The van der Waals surface area contributed by atoms with Gasteiger partial charge in [0.05, 0.1) is 22.9 Å². The van der Waals surface area contributed by atoms with E-state index in [9.17, 15) is 14.9 Å². The molecular weight excluding hydrogens is 496 g/mol. The van der Waals surface area contributed by atoms with Crippen LogP contribution in [0.2, 0.25) is 0 Å². The van der Waals surface area contributed by atoms with Crippen LogP contribution in [0.5, 0.6) is 0 Å². The molecule has 10 nitrogen and oxygen atoms in total. The number of carbonyl (C=O) groups excluding carboxylic acids is 2. The largest absolute Gasteiger partial charge is 0.354 e. The minimum Gasteiger partial charge on any atom is -0.354 e. The smallest absolute Gasteiger partial charge is 0.261 e. The summed E-state index contributed by atoms with van der Waals surface area (Å²) >= 11 is 3.23. The Bertz CT molecular complexity index is 1290. The van der Waals surface area contributed by atoms with Gasteiger partial charge in [-0.1, -0.05) is 5.21 Å². The molecule has 36 heavy (non-hydrogen) atoms. The highest BCUT2D eigenvalue weighted by Crippen LogP contribution is 2.49. The van der Waals surface area contributed by atoms with Gasteiger partial charge in [-0.05, 0) is 67.7 Å². The maximum atomic E-state index is 12.9. The van der Waals surface area contributed by atoms with Gasteiger partial charge in [-0.25, -0.2) is 0 Å². The number of aromatic amines is 1. The molecule has 0 radical (unpaired) electrons. The SMILES string of the molecule is CNC(=O)c1cc2c(s1)CCc1sccc1C2(C[C@H](C)NCC(=O)N1CCCC1C#N)c1nn[nH]n1. The summed E-state index contributed by atoms with van der Waals surface area (Å²) in [4.78, 5) is 30.2. The Morgan fingerprint density at radius 2 is 2.19 bits per heavy atom. The molecule has 2 aliphatic rings. The second-order valence-electron chi connectivity index (χ2n) is 9.29. The van der Waals surface area contributed by atoms with E-state index in [2.05, 4.69) is 48.8 Å². The van der Waals surface area contributed by atoms with Gasteiger partial charge >= 0.3 is 0 Å². The van der Waals surface area contributed by atoms with Crippen molar-refractivity contribution in [1.82, 2.24) is 36.2 Å². The first kappa shape index (κ1) is 24.5. The molecule has 5 rings (SSSR count). The normalized spacial score (nSPS) is 21.8. The quantitative estimate of drug-likeness (QED) is 0.429. The first-order chi connectivity index (χ1) is 17.5. The Balaban J connectivity index is 1.50. The molecule has 188 valence electrons. The molecular formula is C24H28N8O2S2. The number of amides is 2. The monoisotopic (exact) mass is 524 g/mol. The minimum absolute atomic E-state index is 0.0604. The van der Waals surface area contributed by atoms with Crippen molar-refractivity contribution in [3.05, 3.63) is 49.1 Å². The molecule has 3 aromatic rings. The van der Waals surface area contributed by atoms with Gasteiger partial charge in [0.1, 0.15) is 6.04 Å². The number of aromatic nitrogens is 4. The lowest BCUT2D eigenvalue weighted by molar-refractivity contribution is -0.130. The Morgan fingerprint density at radius 3 is 2.94 bits per heavy atom. The third kappa shape index (κ3) is 4.21. The molecule has 0 bridgehead atoms. The summed E-state index contributed by atoms with van der Waals surface area (Å²) < 4.78 is 0. The molecule has 2 amide bonds. The lowest BCUT2D eigenvalue weighted by Gasteiger charge is -2.34. The average molecular weight is 525 g/mol. The van der Waals surface area contributed by atoms with E-state index in [1.807, 2.05) is 13.0 Å². The maximum Gasteiger partial charge on any atom is 0.261 e. The fourth-order valence-corrected chi connectivity index (χ4v) is 7.63. The predicted molar refractivity (Wildman–Crippen MR) is 136 cm³/mol. The van der Waals surface area contributed by atoms with Gasteiger partial charge < -0.3 is 15.5 Å². The van der Waals surface area contributed by atoms with E-state index < -0.39 is 5.41 Å². The summed E-state index contributed by atoms with van der Waals surface area (Å²) in [6.45, 7) is 2.82. The number of likely N-dealkylation sites (tertiary alicyclic amines) is 1. The second-order valence-corrected chi connectivity index (χ2v) is 11.4. The molecule has 3 atom stereocenters. The van der Waals surface area contributed by atoms with Gasteiger partial charge in [-0.3, -0.25) is 9.59 Å². The number of tetrazole rings is 1. The summed E-state index contributed by atoms with van der Waals surface area (Å²) in [5.74, 6) is 0.375. The fraction of sp³-hybridized carbons (Fsp3) is 0.500. The maximum absolute atomic E-state index is 12.9. The number of thiophene rings is 2. The first-order valence-electron chi connectivity index (χ1n) is 12.1. The van der Waals surface area contributed by atoms with Crippen molar-refractivity contribution in [1.29, 1.82) is 5.26 Å². The zero-order valence-corrected chi connectivity index (χ0v) is 21.8. The average Bonchev–Trinajstić information content (AvgIpc) is 3.69. The van der Waals surface area contributed by atoms with Crippen molar-refractivity contribution in [2.24, 2.45) is 0 Å². The molecule has 1 aliphatic heterocycles. The van der Waals surface area contributed by atoms with E-state index in [1.54, 1.807) is 23.3 Å². The third-order valence-corrected chi connectivity index (χ3v) is 9.34. The molecule has 12 heteroatoms.